The molecule has 21 rings (SSSR count). The third-order valence-corrected chi connectivity index (χ3v) is 21.8. The van der Waals surface area contributed by atoms with Gasteiger partial charge in [0, 0.05) is 70.8 Å². The number of hydrogen-bond acceptors (Lipinski definition) is 21. The summed E-state index contributed by atoms with van der Waals surface area (Å²) in [6.07, 6.45) is 0. The van der Waals surface area contributed by atoms with Crippen molar-refractivity contribution >= 4 is 97.0 Å². The largest absolute Gasteiger partial charge is 0.508 e. The van der Waals surface area contributed by atoms with E-state index in [9.17, 15) is 46.0 Å². The van der Waals surface area contributed by atoms with Crippen molar-refractivity contribution < 1.29 is 64.9 Å². The Morgan fingerprint density at radius 2 is 0.520 bits per heavy atom. The molecule has 0 aliphatic heterocycles. The Morgan fingerprint density at radius 3 is 1.04 bits per heavy atom. The van der Waals surface area contributed by atoms with Gasteiger partial charge in [-0.1, -0.05) is 212 Å². The van der Waals surface area contributed by atoms with E-state index in [1.807, 2.05) is 133 Å². The summed E-state index contributed by atoms with van der Waals surface area (Å²) < 4.78 is 21.6. The van der Waals surface area contributed by atoms with Crippen molar-refractivity contribution in [2.75, 3.05) is 28.4 Å². The molecule has 0 aliphatic carbocycles. The molecule has 9 N–H and O–H groups in total. The van der Waals surface area contributed by atoms with Gasteiger partial charge in [0.05, 0.1) is 56.8 Å². The van der Waals surface area contributed by atoms with Gasteiger partial charge in [-0.2, -0.15) is 19.9 Å². The molecule has 608 valence electrons. The quantitative estimate of drug-likeness (QED) is 0.0405. The molecule has 0 fully saturated rings. The smallest absolute Gasteiger partial charge is 0.217 e. The van der Waals surface area contributed by atoms with E-state index in [2.05, 4.69) is 139 Å². The summed E-state index contributed by atoms with van der Waals surface area (Å²) in [7, 11) is 6.10. The maximum atomic E-state index is 10.4. The lowest BCUT2D eigenvalue weighted by Crippen LogP contribution is -1.98. The number of phenols is 9. The molecular weight excluding hydrogens is 1570 g/mol. The molecule has 0 saturated heterocycles. The molecule has 0 radical (unpaired) electrons. The summed E-state index contributed by atoms with van der Waals surface area (Å²) in [5.41, 5.74) is 6.95. The lowest BCUT2D eigenvalue weighted by molar-refractivity contribution is 0.397. The van der Waals surface area contributed by atoms with E-state index in [-0.39, 0.29) is 97.7 Å². The van der Waals surface area contributed by atoms with E-state index in [4.69, 9.17) is 28.9 Å². The Labute approximate surface area is 713 Å². The first kappa shape index (κ1) is 78.9. The number of aromatic nitrogens is 8. The van der Waals surface area contributed by atoms with Crippen molar-refractivity contribution in [3.05, 3.63) is 322 Å². The number of methoxy groups -OCH3 is 4. The zero-order valence-corrected chi connectivity index (χ0v) is 67.3. The summed E-state index contributed by atoms with van der Waals surface area (Å²) in [4.78, 5) is 36.2. The van der Waals surface area contributed by atoms with Crippen LogP contribution in [0.4, 0.5) is 0 Å². The van der Waals surface area contributed by atoms with E-state index in [0.717, 1.165) is 133 Å². The molecule has 0 aliphatic rings. The van der Waals surface area contributed by atoms with Crippen molar-refractivity contribution in [2.45, 2.75) is 0 Å². The van der Waals surface area contributed by atoms with E-state index >= 15 is 0 Å². The highest BCUT2D eigenvalue weighted by molar-refractivity contribution is 6.21. The first-order chi connectivity index (χ1) is 60.9. The van der Waals surface area contributed by atoms with E-state index in [0.29, 0.717) is 40.2 Å². The number of ether oxygens (including phenoxy) is 4. The van der Waals surface area contributed by atoms with Gasteiger partial charge in [-0.25, -0.2) is 19.9 Å². The third kappa shape index (κ3) is 15.5. The number of hydrogen-bond donors (Lipinski definition) is 9. The summed E-state index contributed by atoms with van der Waals surface area (Å²) >= 11 is 0. The highest BCUT2D eigenvalue weighted by Crippen LogP contribution is 2.47. The highest BCUT2D eigenvalue weighted by atomic mass is 16.5. The van der Waals surface area contributed by atoms with Gasteiger partial charge in [0.15, 0.2) is 23.3 Å². The highest BCUT2D eigenvalue weighted by Gasteiger charge is 2.25. The predicted molar refractivity (Wildman–Crippen MR) is 490 cm³/mol. The SMILES string of the molecule is COc1cc(-c2c3ccccc3cc3ccccc23)nc(-c2c(O)cc(O)cc2O)n1.COc1cc(-c2cc3c4ccccc4ccc3c3ccccc23)nc(-c2c(O)cccc2O)n1.COc1cc(-c2cc3ccccc3c3ccccc23)nc(-c2ccccc2O)n1.COc1cc(-c2ccc3cc4ccccc4cc3c2)nc(-c2c(O)cc(O)cc2O)n1. The number of nitrogens with zero attached hydrogens (tertiary/aromatic N) is 8. The molecule has 17 aromatic carbocycles. The number of benzene rings is 17. The van der Waals surface area contributed by atoms with Crippen molar-refractivity contribution in [3.8, 4) is 166 Å². The number of phenolic OH excluding ortho intramolecular Hbond substituents is 9. The molecule has 0 spiro atoms. The van der Waals surface area contributed by atoms with Gasteiger partial charge in [0.1, 0.15) is 68.4 Å². The van der Waals surface area contributed by atoms with Crippen LogP contribution < -0.4 is 18.9 Å². The molecule has 0 unspecified atom stereocenters. The van der Waals surface area contributed by atoms with E-state index in [1.54, 1.807) is 49.6 Å². The van der Waals surface area contributed by atoms with Crippen LogP contribution in [0.5, 0.6) is 75.3 Å². The van der Waals surface area contributed by atoms with Gasteiger partial charge in [-0.3, -0.25) is 0 Å². The Hall–Kier alpha value is -17.2. The van der Waals surface area contributed by atoms with Crippen LogP contribution in [-0.2, 0) is 0 Å². The molecule has 125 heavy (non-hydrogen) atoms. The molecule has 21 aromatic rings. The normalized spacial score (nSPS) is 11.2. The second-order valence-corrected chi connectivity index (χ2v) is 29.4. The van der Waals surface area contributed by atoms with Gasteiger partial charge >= 0.3 is 0 Å². The minimum absolute atomic E-state index is 0.0162. The molecule has 21 nitrogen and oxygen atoms in total. The maximum absolute atomic E-state index is 10.4. The van der Waals surface area contributed by atoms with Crippen molar-refractivity contribution in [3.63, 3.8) is 0 Å². The number of fused-ring (bicyclic) bond motifs is 12. The fourth-order valence-electron chi connectivity index (χ4n) is 15.9. The van der Waals surface area contributed by atoms with Crippen molar-refractivity contribution in [2.24, 2.45) is 0 Å². The number of rotatable bonds is 12. The average molecular weight is 1640 g/mol. The lowest BCUT2D eigenvalue weighted by atomic mass is 9.92. The van der Waals surface area contributed by atoms with Crippen LogP contribution in [0.25, 0.3) is 188 Å². The van der Waals surface area contributed by atoms with Crippen LogP contribution in [0, 0.1) is 0 Å². The van der Waals surface area contributed by atoms with Gasteiger partial charge in [0.25, 0.3) is 0 Å². The maximum Gasteiger partial charge on any atom is 0.217 e. The molecular formula is C104H74N8O13. The van der Waals surface area contributed by atoms with Crippen LogP contribution in [0.3, 0.4) is 0 Å². The summed E-state index contributed by atoms with van der Waals surface area (Å²) in [5, 5.41) is 112. The summed E-state index contributed by atoms with van der Waals surface area (Å²) in [6, 6.07) is 102. The lowest BCUT2D eigenvalue weighted by Gasteiger charge is -2.14. The monoisotopic (exact) mass is 1640 g/mol. The van der Waals surface area contributed by atoms with Crippen LogP contribution in [-0.4, -0.2) is 114 Å². The number of aromatic hydroxyl groups is 9. The summed E-state index contributed by atoms with van der Waals surface area (Å²) in [6.45, 7) is 0. The van der Waals surface area contributed by atoms with Crippen LogP contribution in [0.1, 0.15) is 0 Å². The molecule has 0 saturated carbocycles. The molecule has 0 amide bonds. The second-order valence-electron chi connectivity index (χ2n) is 29.4. The summed E-state index contributed by atoms with van der Waals surface area (Å²) in [5.74, 6) is 0.209. The van der Waals surface area contributed by atoms with Crippen LogP contribution in [0.2, 0.25) is 0 Å². The van der Waals surface area contributed by atoms with Gasteiger partial charge in [-0.15, -0.1) is 0 Å². The van der Waals surface area contributed by atoms with Gasteiger partial charge in [-0.05, 0) is 158 Å². The van der Waals surface area contributed by atoms with E-state index in [1.165, 1.54) is 49.6 Å². The fraction of sp³-hybridized carbons (Fsp3) is 0.0385. The van der Waals surface area contributed by atoms with Crippen molar-refractivity contribution in [1.82, 2.24) is 39.9 Å². The standard InChI is InChI=1S/C29H20N2O3.2C25H18N2O4.C25H18N2O2/c1-34-27-16-24(30-29(31-27)28-25(32)11-6-12-26(28)33)23-15-22-18-8-3-2-7-17(18)13-14-21(22)19-9-4-5-10-20(19)23;1-31-22-13-19(26-25(27-22)24-20(29)11-16(28)12-21(24)30)23-17-8-4-2-6-14(17)10-15-7-3-5-9-18(15)23;1-31-23-13-20(26-25(27-23)24-21(29)11-19(28)12-22(24)30)17-7-6-16-8-14-4-2-3-5-15(14)9-18(16)10-17;1-29-24-15-22(26-25(27-24)20-12-6-7-13-23(20)28)21-14-16-8-2-3-9-17(16)18-10-4-5-11-19(18)21/h2-16,32-33H,1H3;2*2-13,28-30H,1H3;2-15,28H,1H3. The van der Waals surface area contributed by atoms with Gasteiger partial charge < -0.3 is 64.9 Å². The zero-order valence-electron chi connectivity index (χ0n) is 67.3. The second kappa shape index (κ2) is 33.5. The minimum Gasteiger partial charge on any atom is -0.508 e. The number of para-hydroxylation sites is 1. The fourth-order valence-corrected chi connectivity index (χ4v) is 15.9. The first-order valence-corrected chi connectivity index (χ1v) is 39.6. The Kier molecular flexibility index (Phi) is 21.2. The minimum atomic E-state index is -0.334. The molecule has 0 atom stereocenters. The van der Waals surface area contributed by atoms with Crippen molar-refractivity contribution in [1.29, 1.82) is 0 Å². The predicted octanol–water partition coefficient (Wildman–Crippen LogP) is 23.0. The molecule has 4 heterocycles. The molecule has 21 heteroatoms. The van der Waals surface area contributed by atoms with Crippen LogP contribution >= 0.6 is 0 Å². The average Bonchev–Trinajstić information content (AvgIpc) is 0.742. The first-order valence-electron chi connectivity index (χ1n) is 39.6. The Morgan fingerprint density at radius 1 is 0.184 bits per heavy atom. The zero-order chi connectivity index (χ0) is 86.1. The van der Waals surface area contributed by atoms with Gasteiger partial charge in [0.2, 0.25) is 23.5 Å². The Balaban J connectivity index is 0.000000113. The van der Waals surface area contributed by atoms with Crippen LogP contribution in [0.15, 0.2) is 322 Å². The molecule has 0 bridgehead atoms. The third-order valence-electron chi connectivity index (χ3n) is 21.8. The molecule has 4 aromatic heterocycles. The topological polar surface area (TPSA) is 322 Å². The van der Waals surface area contributed by atoms with E-state index < -0.39 is 0 Å². The Bertz CT molecular complexity index is 7730.